The maximum absolute atomic E-state index is 12.4. The molecule has 0 amide bonds. The topological polar surface area (TPSA) is 64.4 Å². The van der Waals surface area contributed by atoms with Gasteiger partial charge in [-0.1, -0.05) is 11.6 Å². The smallest absolute Gasteiger partial charge is 0.243 e. The van der Waals surface area contributed by atoms with Crippen LogP contribution in [0, 0.1) is 11.3 Å². The fourth-order valence-electron chi connectivity index (χ4n) is 1.98. The van der Waals surface area contributed by atoms with E-state index < -0.39 is 10.0 Å². The highest BCUT2D eigenvalue weighted by Crippen LogP contribution is 2.19. The molecular weight excluding hydrogens is 286 g/mol. The van der Waals surface area contributed by atoms with Crippen molar-refractivity contribution in [3.05, 3.63) is 29.3 Å². The first-order chi connectivity index (χ1) is 9.04. The number of piperazine rings is 1. The van der Waals surface area contributed by atoms with E-state index in [1.807, 2.05) is 4.90 Å². The molecule has 0 saturated carbocycles. The first-order valence-corrected chi connectivity index (χ1v) is 7.71. The summed E-state index contributed by atoms with van der Waals surface area (Å²) in [4.78, 5) is 2.19. The zero-order valence-corrected chi connectivity index (χ0v) is 11.9. The van der Waals surface area contributed by atoms with Crippen LogP contribution in [0.25, 0.3) is 0 Å². The number of nitriles is 1. The molecule has 102 valence electrons. The quantitative estimate of drug-likeness (QED) is 0.786. The Balaban J connectivity index is 2.10. The Labute approximate surface area is 118 Å². The van der Waals surface area contributed by atoms with E-state index in [1.165, 1.54) is 16.4 Å². The molecular formula is C12H14ClN3O2S. The van der Waals surface area contributed by atoms with Crippen LogP contribution in [0.3, 0.4) is 0 Å². The first-order valence-electron chi connectivity index (χ1n) is 5.89. The molecule has 1 fully saturated rings. The van der Waals surface area contributed by atoms with Gasteiger partial charge in [-0.15, -0.1) is 0 Å². The van der Waals surface area contributed by atoms with Crippen molar-refractivity contribution in [2.75, 3.05) is 32.7 Å². The Bertz CT molecular complexity index is 572. The molecule has 0 aliphatic carbocycles. The van der Waals surface area contributed by atoms with Crippen molar-refractivity contribution in [3.8, 4) is 6.07 Å². The van der Waals surface area contributed by atoms with Gasteiger partial charge in [-0.2, -0.15) is 9.57 Å². The second-order valence-corrected chi connectivity index (χ2v) is 6.67. The van der Waals surface area contributed by atoms with Gasteiger partial charge in [0.25, 0.3) is 0 Å². The van der Waals surface area contributed by atoms with E-state index in [0.29, 0.717) is 37.7 Å². The van der Waals surface area contributed by atoms with Gasteiger partial charge >= 0.3 is 0 Å². The molecule has 0 bridgehead atoms. The maximum Gasteiger partial charge on any atom is 0.243 e. The molecule has 0 atom stereocenters. The summed E-state index contributed by atoms with van der Waals surface area (Å²) in [7, 11) is -3.45. The van der Waals surface area contributed by atoms with Crippen LogP contribution in [0.5, 0.6) is 0 Å². The minimum atomic E-state index is -3.45. The summed E-state index contributed by atoms with van der Waals surface area (Å²) < 4.78 is 26.2. The molecule has 1 aromatic carbocycles. The third kappa shape index (κ3) is 3.25. The van der Waals surface area contributed by atoms with Crippen molar-refractivity contribution in [3.63, 3.8) is 0 Å². The van der Waals surface area contributed by atoms with Gasteiger partial charge in [0.15, 0.2) is 0 Å². The first kappa shape index (κ1) is 14.3. The van der Waals surface area contributed by atoms with E-state index in [0.717, 1.165) is 0 Å². The zero-order valence-electron chi connectivity index (χ0n) is 10.3. The number of nitrogens with zero attached hydrogens (tertiary/aromatic N) is 3. The van der Waals surface area contributed by atoms with Crippen molar-refractivity contribution in [2.45, 2.75) is 4.90 Å². The largest absolute Gasteiger partial charge is 0.288 e. The van der Waals surface area contributed by atoms with Crippen molar-refractivity contribution < 1.29 is 8.42 Å². The zero-order chi connectivity index (χ0) is 13.9. The van der Waals surface area contributed by atoms with Gasteiger partial charge in [-0.25, -0.2) is 8.42 Å². The number of halogens is 1. The molecule has 1 aromatic rings. The van der Waals surface area contributed by atoms with Crippen LogP contribution < -0.4 is 0 Å². The molecule has 19 heavy (non-hydrogen) atoms. The molecule has 1 saturated heterocycles. The van der Waals surface area contributed by atoms with Gasteiger partial charge in [0, 0.05) is 31.2 Å². The van der Waals surface area contributed by atoms with Crippen molar-refractivity contribution in [2.24, 2.45) is 0 Å². The molecule has 1 aliphatic rings. The number of hydrogen-bond donors (Lipinski definition) is 0. The molecule has 0 radical (unpaired) electrons. The van der Waals surface area contributed by atoms with Gasteiger partial charge in [-0.05, 0) is 24.3 Å². The lowest BCUT2D eigenvalue weighted by molar-refractivity contribution is 0.206. The maximum atomic E-state index is 12.4. The lowest BCUT2D eigenvalue weighted by atomic mass is 10.4. The minimum absolute atomic E-state index is 0.255. The van der Waals surface area contributed by atoms with E-state index in [-0.39, 0.29) is 4.90 Å². The van der Waals surface area contributed by atoms with Crippen molar-refractivity contribution in [1.82, 2.24) is 9.21 Å². The number of sulfonamides is 1. The van der Waals surface area contributed by atoms with E-state index in [1.54, 1.807) is 12.1 Å². The second kappa shape index (κ2) is 5.88. The summed E-state index contributed by atoms with van der Waals surface area (Å²) in [5.74, 6) is 0. The average Bonchev–Trinajstić information content (AvgIpc) is 2.40. The SMILES string of the molecule is N#CCN1CCN(S(=O)(=O)c2ccc(Cl)cc2)CC1. The third-order valence-electron chi connectivity index (χ3n) is 3.08. The Kier molecular flexibility index (Phi) is 4.42. The Morgan fingerprint density at radius 1 is 1.16 bits per heavy atom. The predicted octanol–water partition coefficient (Wildman–Crippen LogP) is 1.17. The van der Waals surface area contributed by atoms with E-state index in [9.17, 15) is 8.42 Å². The van der Waals surface area contributed by atoms with Crippen molar-refractivity contribution >= 4 is 21.6 Å². The minimum Gasteiger partial charge on any atom is -0.288 e. The van der Waals surface area contributed by atoms with Gasteiger partial charge < -0.3 is 0 Å². The number of rotatable bonds is 3. The standard InChI is InChI=1S/C12H14ClN3O2S/c13-11-1-3-12(4-2-11)19(17,18)16-9-7-15(6-5-14)8-10-16/h1-4H,6-10H2. The third-order valence-corrected chi connectivity index (χ3v) is 5.24. The molecule has 1 heterocycles. The second-order valence-electron chi connectivity index (χ2n) is 4.29. The fraction of sp³-hybridized carbons (Fsp3) is 0.417. The summed E-state index contributed by atoms with van der Waals surface area (Å²) >= 11 is 5.76. The van der Waals surface area contributed by atoms with Crippen LogP contribution >= 0.6 is 11.6 Å². The van der Waals surface area contributed by atoms with Crippen LogP contribution in [-0.2, 0) is 10.0 Å². The molecule has 0 aromatic heterocycles. The highest BCUT2D eigenvalue weighted by Gasteiger charge is 2.28. The van der Waals surface area contributed by atoms with Gasteiger partial charge in [0.2, 0.25) is 10.0 Å². The summed E-state index contributed by atoms with van der Waals surface area (Å²) in [6.07, 6.45) is 0. The molecule has 0 unspecified atom stereocenters. The Morgan fingerprint density at radius 3 is 2.26 bits per heavy atom. The summed E-state index contributed by atoms with van der Waals surface area (Å²) in [5.41, 5.74) is 0. The van der Waals surface area contributed by atoms with Crippen LogP contribution in [0.1, 0.15) is 0 Å². The molecule has 0 N–H and O–H groups in total. The summed E-state index contributed by atoms with van der Waals surface area (Å²) in [6.45, 7) is 2.33. The van der Waals surface area contributed by atoms with E-state index in [2.05, 4.69) is 6.07 Å². The predicted molar refractivity (Wildman–Crippen MR) is 72.3 cm³/mol. The molecule has 2 rings (SSSR count). The number of benzene rings is 1. The van der Waals surface area contributed by atoms with Crippen molar-refractivity contribution in [1.29, 1.82) is 5.26 Å². The average molecular weight is 300 g/mol. The Hall–Kier alpha value is -1.13. The fourth-order valence-corrected chi connectivity index (χ4v) is 3.53. The van der Waals surface area contributed by atoms with Crippen LogP contribution in [0.4, 0.5) is 0 Å². The highest BCUT2D eigenvalue weighted by molar-refractivity contribution is 7.89. The highest BCUT2D eigenvalue weighted by atomic mass is 35.5. The van der Waals surface area contributed by atoms with Crippen LogP contribution in [-0.4, -0.2) is 50.3 Å². The molecule has 1 aliphatic heterocycles. The van der Waals surface area contributed by atoms with Gasteiger partial charge in [0.05, 0.1) is 17.5 Å². The molecule has 0 spiro atoms. The van der Waals surface area contributed by atoms with Crippen LogP contribution in [0.2, 0.25) is 5.02 Å². The summed E-state index contributed by atoms with van der Waals surface area (Å²) in [5, 5.41) is 9.12. The summed E-state index contributed by atoms with van der Waals surface area (Å²) in [6, 6.07) is 8.24. The molecule has 7 heteroatoms. The normalized spacial score (nSPS) is 18.1. The van der Waals surface area contributed by atoms with Gasteiger partial charge in [-0.3, -0.25) is 4.90 Å². The lowest BCUT2D eigenvalue weighted by Crippen LogP contribution is -2.48. The van der Waals surface area contributed by atoms with E-state index in [4.69, 9.17) is 16.9 Å². The van der Waals surface area contributed by atoms with Gasteiger partial charge in [0.1, 0.15) is 0 Å². The van der Waals surface area contributed by atoms with E-state index >= 15 is 0 Å². The molecule has 5 nitrogen and oxygen atoms in total. The Morgan fingerprint density at radius 2 is 1.74 bits per heavy atom. The monoisotopic (exact) mass is 299 g/mol. The lowest BCUT2D eigenvalue weighted by Gasteiger charge is -2.32. The number of hydrogen-bond acceptors (Lipinski definition) is 4. The van der Waals surface area contributed by atoms with Crippen LogP contribution in [0.15, 0.2) is 29.2 Å².